The molecule has 3 heterocycles. The van der Waals surface area contributed by atoms with Crippen molar-refractivity contribution in [2.45, 2.75) is 37.7 Å². The van der Waals surface area contributed by atoms with E-state index in [1.165, 1.54) is 6.92 Å². The third-order valence-electron chi connectivity index (χ3n) is 4.32. The highest BCUT2D eigenvalue weighted by Crippen LogP contribution is 2.59. The Morgan fingerprint density at radius 1 is 1.61 bits per heavy atom. The summed E-state index contributed by atoms with van der Waals surface area (Å²) in [5.41, 5.74) is 4.30. The van der Waals surface area contributed by atoms with Gasteiger partial charge in [0.25, 0.3) is 0 Å². The van der Waals surface area contributed by atoms with Crippen molar-refractivity contribution in [2.24, 2.45) is 5.92 Å². The summed E-state index contributed by atoms with van der Waals surface area (Å²) in [5.74, 6) is -5.79. The average Bonchev–Trinajstić information content (AvgIpc) is 2.85. The fraction of sp³-hybridized carbons (Fsp3) is 0.643. The summed E-state index contributed by atoms with van der Waals surface area (Å²) in [4.78, 5) is 26.0. The van der Waals surface area contributed by atoms with E-state index in [1.807, 2.05) is 0 Å². The van der Waals surface area contributed by atoms with E-state index in [4.69, 9.17) is 29.1 Å². The first-order valence-corrected chi connectivity index (χ1v) is 9.68. The molecule has 156 valence electrons. The summed E-state index contributed by atoms with van der Waals surface area (Å²) in [6.07, 6.45) is -4.40. The Bertz CT molecular complexity index is 865. The average molecular weight is 425 g/mol. The maximum Gasteiger partial charge on any atom is 0.475 e. The molecule has 2 aliphatic rings. The van der Waals surface area contributed by atoms with Gasteiger partial charge in [-0.25, -0.2) is 9.36 Å². The topological polar surface area (TPSA) is 152 Å². The lowest BCUT2D eigenvalue weighted by Gasteiger charge is -2.31. The van der Waals surface area contributed by atoms with Crippen molar-refractivity contribution in [1.29, 1.82) is 0 Å². The predicted molar refractivity (Wildman–Crippen MR) is 87.6 cm³/mol. The van der Waals surface area contributed by atoms with Crippen LogP contribution in [0.15, 0.2) is 17.1 Å². The number of aliphatic carboxylic acids is 1. The maximum atomic E-state index is 14.8. The Balaban J connectivity index is 1.73. The lowest BCUT2D eigenvalue weighted by atomic mass is 10.1. The number of rotatable bonds is 6. The van der Waals surface area contributed by atoms with Crippen LogP contribution in [0.5, 0.6) is 0 Å². The number of phosphoric acid groups is 1. The van der Waals surface area contributed by atoms with Gasteiger partial charge in [-0.15, -0.1) is 0 Å². The molecular formula is C14H18F2N3O8P. The van der Waals surface area contributed by atoms with Crippen molar-refractivity contribution in [3.63, 3.8) is 0 Å². The highest BCUT2D eigenvalue weighted by atomic mass is 31.2. The quantitative estimate of drug-likeness (QED) is 0.632. The standard InChI is InChI=1S/C14H18F2N3O8P/c1-7(11(20)21)3-5-24-28(23)25-6-8-10(27-28)14(15,16)12(26-8)19-4-2-9(17)18-13(19)22/h2,4,7-8,10,12H,3,5-6H2,1H3,(H,20,21)(H2,17,18,22)/t7-,8+,10+,12+,28?/m0/s1. The molecule has 2 aliphatic heterocycles. The van der Waals surface area contributed by atoms with E-state index in [0.717, 1.165) is 12.3 Å². The largest absolute Gasteiger partial charge is 0.481 e. The number of carbonyl (C=O) groups is 1. The molecule has 2 fully saturated rings. The Morgan fingerprint density at radius 3 is 2.96 bits per heavy atom. The molecule has 2 saturated heterocycles. The summed E-state index contributed by atoms with van der Waals surface area (Å²) in [7, 11) is -4.36. The van der Waals surface area contributed by atoms with Crippen LogP contribution in [0.25, 0.3) is 0 Å². The second-order valence-electron chi connectivity index (χ2n) is 6.37. The number of aromatic nitrogens is 2. The molecule has 0 bridgehead atoms. The zero-order chi connectivity index (χ0) is 20.7. The normalized spacial score (nSPS) is 32.6. The van der Waals surface area contributed by atoms with Crippen LogP contribution in [0.2, 0.25) is 0 Å². The van der Waals surface area contributed by atoms with E-state index in [2.05, 4.69) is 4.98 Å². The van der Waals surface area contributed by atoms with Gasteiger partial charge in [-0.05, 0) is 12.5 Å². The zero-order valence-corrected chi connectivity index (χ0v) is 15.5. The number of halogens is 2. The Kier molecular flexibility index (Phi) is 5.56. The zero-order valence-electron chi connectivity index (χ0n) is 14.6. The van der Waals surface area contributed by atoms with Crippen molar-refractivity contribution < 1.29 is 41.6 Å². The van der Waals surface area contributed by atoms with Crippen LogP contribution in [0.1, 0.15) is 19.6 Å². The van der Waals surface area contributed by atoms with E-state index in [9.17, 15) is 22.9 Å². The number of carboxylic acids is 1. The van der Waals surface area contributed by atoms with Crippen LogP contribution in [0, 0.1) is 5.92 Å². The number of ether oxygens (including phenoxy) is 1. The molecule has 0 amide bonds. The summed E-state index contributed by atoms with van der Waals surface area (Å²) in [5, 5.41) is 8.81. The van der Waals surface area contributed by atoms with Crippen molar-refractivity contribution in [3.05, 3.63) is 22.7 Å². The number of fused-ring (bicyclic) bond motifs is 1. The van der Waals surface area contributed by atoms with Gasteiger partial charge in [-0.2, -0.15) is 13.8 Å². The summed E-state index contributed by atoms with van der Waals surface area (Å²) in [6, 6.07) is 1.15. The minimum atomic E-state index is -4.36. The number of phosphoric ester groups is 1. The third kappa shape index (κ3) is 3.94. The Labute approximate surface area is 157 Å². The molecule has 3 rings (SSSR count). The monoisotopic (exact) mass is 425 g/mol. The molecule has 14 heteroatoms. The van der Waals surface area contributed by atoms with Gasteiger partial charge in [0.1, 0.15) is 11.9 Å². The minimum Gasteiger partial charge on any atom is -0.481 e. The molecule has 11 nitrogen and oxygen atoms in total. The number of nitrogens with zero attached hydrogens (tertiary/aromatic N) is 2. The van der Waals surface area contributed by atoms with Gasteiger partial charge >= 0.3 is 25.4 Å². The van der Waals surface area contributed by atoms with E-state index in [-0.39, 0.29) is 18.8 Å². The molecule has 5 atom stereocenters. The maximum absolute atomic E-state index is 14.8. The lowest BCUT2D eigenvalue weighted by molar-refractivity contribution is -0.142. The highest BCUT2D eigenvalue weighted by molar-refractivity contribution is 7.48. The summed E-state index contributed by atoms with van der Waals surface area (Å²) >= 11 is 0. The summed E-state index contributed by atoms with van der Waals surface area (Å²) in [6.45, 7) is 0.543. The Hall–Kier alpha value is -1.92. The Morgan fingerprint density at radius 2 is 2.32 bits per heavy atom. The first-order valence-electron chi connectivity index (χ1n) is 8.22. The van der Waals surface area contributed by atoms with Gasteiger partial charge in [0.15, 0.2) is 6.10 Å². The fourth-order valence-electron chi connectivity index (χ4n) is 2.70. The molecule has 1 aromatic rings. The van der Waals surface area contributed by atoms with Crippen LogP contribution in [-0.4, -0.2) is 52.0 Å². The van der Waals surface area contributed by atoms with Crippen molar-refractivity contribution in [1.82, 2.24) is 9.55 Å². The third-order valence-corrected chi connectivity index (χ3v) is 5.76. The summed E-state index contributed by atoms with van der Waals surface area (Å²) < 4.78 is 62.6. The molecule has 0 spiro atoms. The predicted octanol–water partition coefficient (Wildman–Crippen LogP) is 1.01. The van der Waals surface area contributed by atoms with Gasteiger partial charge in [-0.3, -0.25) is 22.9 Å². The van der Waals surface area contributed by atoms with Crippen LogP contribution >= 0.6 is 7.82 Å². The molecular weight excluding hydrogens is 407 g/mol. The fourth-order valence-corrected chi connectivity index (χ4v) is 4.11. The molecule has 0 aliphatic carbocycles. The van der Waals surface area contributed by atoms with E-state index in [1.54, 1.807) is 0 Å². The number of carboxylic acid groups (broad SMARTS) is 1. The molecule has 1 aromatic heterocycles. The van der Waals surface area contributed by atoms with Crippen LogP contribution in [0.4, 0.5) is 14.6 Å². The molecule has 1 unspecified atom stereocenters. The van der Waals surface area contributed by atoms with Gasteiger partial charge in [0, 0.05) is 6.20 Å². The molecule has 28 heavy (non-hydrogen) atoms. The smallest absolute Gasteiger partial charge is 0.475 e. The van der Waals surface area contributed by atoms with Gasteiger partial charge < -0.3 is 15.6 Å². The van der Waals surface area contributed by atoms with Crippen molar-refractivity contribution in [3.8, 4) is 0 Å². The van der Waals surface area contributed by atoms with Crippen LogP contribution in [0.3, 0.4) is 0 Å². The minimum absolute atomic E-state index is 0.0256. The van der Waals surface area contributed by atoms with E-state index in [0.29, 0.717) is 4.57 Å². The molecule has 0 radical (unpaired) electrons. The number of nitrogens with two attached hydrogens (primary N) is 1. The van der Waals surface area contributed by atoms with Gasteiger partial charge in [-0.1, -0.05) is 6.92 Å². The van der Waals surface area contributed by atoms with E-state index < -0.39 is 56.4 Å². The second-order valence-corrected chi connectivity index (χ2v) is 8.00. The van der Waals surface area contributed by atoms with E-state index >= 15 is 0 Å². The number of hydrogen-bond donors (Lipinski definition) is 2. The molecule has 0 aromatic carbocycles. The first-order chi connectivity index (χ1) is 13.0. The number of nitrogen functional groups attached to an aromatic ring is 1. The number of alkyl halides is 2. The van der Waals surface area contributed by atoms with Crippen LogP contribution in [-0.2, 0) is 27.7 Å². The highest BCUT2D eigenvalue weighted by Gasteiger charge is 2.65. The van der Waals surface area contributed by atoms with Gasteiger partial charge in [0.05, 0.1) is 19.1 Å². The van der Waals surface area contributed by atoms with Crippen molar-refractivity contribution in [2.75, 3.05) is 18.9 Å². The first kappa shape index (κ1) is 20.8. The second kappa shape index (κ2) is 7.48. The molecule has 0 saturated carbocycles. The molecule has 3 N–H and O–H groups in total. The number of anilines is 1. The lowest BCUT2D eigenvalue weighted by Crippen LogP contribution is -2.45. The van der Waals surface area contributed by atoms with Gasteiger partial charge in [0.2, 0.25) is 6.23 Å². The van der Waals surface area contributed by atoms with Crippen molar-refractivity contribution >= 4 is 19.6 Å². The number of hydrogen-bond acceptors (Lipinski definition) is 9. The SMILES string of the molecule is C[C@@H](CCOP1(=O)OC[C@H]2O[C@@H](n3ccc(N)nc3=O)C(F)(F)[C@@H]2O1)C(=O)O. The van der Waals surface area contributed by atoms with Crippen LogP contribution < -0.4 is 11.4 Å².